The van der Waals surface area contributed by atoms with Gasteiger partial charge in [0.2, 0.25) is 11.8 Å². The number of carbonyl (C=O) groups is 2. The van der Waals surface area contributed by atoms with E-state index in [9.17, 15) is 9.59 Å². The Kier molecular flexibility index (Phi) is 4.12. The number of amides is 2. The average Bonchev–Trinajstić information content (AvgIpc) is 3.36. The molecule has 28 heavy (non-hydrogen) atoms. The number of nitrogens with zero attached hydrogens (tertiary/aromatic N) is 4. The molecule has 0 radical (unpaired) electrons. The van der Waals surface area contributed by atoms with Crippen LogP contribution in [0.4, 0.5) is 0 Å². The number of hydrogen-bond donors (Lipinski definition) is 0. The molecule has 4 heterocycles. The summed E-state index contributed by atoms with van der Waals surface area (Å²) < 4.78 is 6.49. The van der Waals surface area contributed by atoms with Crippen molar-refractivity contribution in [1.29, 1.82) is 0 Å². The van der Waals surface area contributed by atoms with Crippen molar-refractivity contribution in [3.8, 4) is 0 Å². The summed E-state index contributed by atoms with van der Waals surface area (Å²) >= 11 is 0. The molecule has 144 valence electrons. The Labute approximate surface area is 163 Å². The number of benzene rings is 1. The van der Waals surface area contributed by atoms with Gasteiger partial charge in [0.25, 0.3) is 0 Å². The van der Waals surface area contributed by atoms with Gasteiger partial charge in [-0.1, -0.05) is 30.3 Å². The number of rotatable bonds is 4. The number of hydrogen-bond acceptors (Lipinski definition) is 5. The Morgan fingerprint density at radius 1 is 1.25 bits per heavy atom. The molecule has 3 aliphatic rings. The summed E-state index contributed by atoms with van der Waals surface area (Å²) in [7, 11) is 0. The lowest BCUT2D eigenvalue weighted by Crippen LogP contribution is -2.48. The first-order chi connectivity index (χ1) is 13.7. The lowest BCUT2D eigenvalue weighted by Gasteiger charge is -2.32. The Morgan fingerprint density at radius 3 is 2.89 bits per heavy atom. The number of aryl methyl sites for hydroxylation is 1. The van der Waals surface area contributed by atoms with Gasteiger partial charge in [0.05, 0.1) is 24.7 Å². The first kappa shape index (κ1) is 17.3. The van der Waals surface area contributed by atoms with E-state index < -0.39 is 5.72 Å². The predicted octanol–water partition coefficient (Wildman–Crippen LogP) is 1.71. The van der Waals surface area contributed by atoms with Gasteiger partial charge in [0.15, 0.2) is 5.72 Å². The van der Waals surface area contributed by atoms with E-state index in [4.69, 9.17) is 4.74 Å². The van der Waals surface area contributed by atoms with Crippen LogP contribution in [0.1, 0.15) is 36.6 Å². The number of aromatic nitrogens is 2. The molecule has 7 nitrogen and oxygen atoms in total. The zero-order valence-electron chi connectivity index (χ0n) is 15.5. The van der Waals surface area contributed by atoms with E-state index in [0.717, 1.165) is 11.3 Å². The highest BCUT2D eigenvalue weighted by Gasteiger charge is 2.64. The van der Waals surface area contributed by atoms with Crippen molar-refractivity contribution in [1.82, 2.24) is 19.8 Å². The zero-order chi connectivity index (χ0) is 19.1. The van der Waals surface area contributed by atoms with Gasteiger partial charge >= 0.3 is 0 Å². The highest BCUT2D eigenvalue weighted by molar-refractivity contribution is 5.84. The molecule has 0 aliphatic carbocycles. The van der Waals surface area contributed by atoms with Gasteiger partial charge in [0.1, 0.15) is 6.10 Å². The van der Waals surface area contributed by atoms with Crippen LogP contribution in [0.2, 0.25) is 0 Å². The van der Waals surface area contributed by atoms with E-state index >= 15 is 0 Å². The minimum Gasteiger partial charge on any atom is -0.343 e. The topological polar surface area (TPSA) is 75.6 Å². The van der Waals surface area contributed by atoms with E-state index in [2.05, 4.69) is 9.97 Å². The first-order valence-corrected chi connectivity index (χ1v) is 9.75. The second-order valence-corrected chi connectivity index (χ2v) is 7.62. The average molecular weight is 378 g/mol. The van der Waals surface area contributed by atoms with E-state index in [1.807, 2.05) is 40.1 Å². The van der Waals surface area contributed by atoms with Crippen LogP contribution in [-0.4, -0.2) is 56.4 Å². The molecular weight excluding hydrogens is 356 g/mol. The van der Waals surface area contributed by atoms with E-state index in [-0.39, 0.29) is 24.0 Å². The third-order valence-corrected chi connectivity index (χ3v) is 6.13. The van der Waals surface area contributed by atoms with Crippen LogP contribution >= 0.6 is 0 Å². The van der Waals surface area contributed by atoms with Crippen molar-refractivity contribution in [3.63, 3.8) is 0 Å². The summed E-state index contributed by atoms with van der Waals surface area (Å²) in [6.07, 6.45) is 6.73. The molecule has 2 aromatic rings. The van der Waals surface area contributed by atoms with Crippen molar-refractivity contribution >= 4 is 11.8 Å². The van der Waals surface area contributed by atoms with Gasteiger partial charge in [-0.15, -0.1) is 0 Å². The molecule has 5 rings (SSSR count). The smallest absolute Gasteiger partial charge is 0.227 e. The summed E-state index contributed by atoms with van der Waals surface area (Å²) in [4.78, 5) is 37.6. The van der Waals surface area contributed by atoms with E-state index in [0.29, 0.717) is 38.8 Å². The molecule has 0 bridgehead atoms. The van der Waals surface area contributed by atoms with Gasteiger partial charge < -0.3 is 14.5 Å². The standard InChI is InChI=1S/C21H22N4O3/c26-19(7-6-16-13-22-9-10-23-16)24-11-8-21-18(24)12-20(27)25(21)14-17(28-21)15-4-2-1-3-5-15/h1-5,9-10,13,17-18H,6-8,11-12,14H2/t17-,18-,21+/m1/s1. The molecule has 3 fully saturated rings. The van der Waals surface area contributed by atoms with Crippen LogP contribution in [0.5, 0.6) is 0 Å². The summed E-state index contributed by atoms with van der Waals surface area (Å²) in [5, 5.41) is 0. The third-order valence-electron chi connectivity index (χ3n) is 6.13. The second-order valence-electron chi connectivity index (χ2n) is 7.62. The second kappa shape index (κ2) is 6.67. The monoisotopic (exact) mass is 378 g/mol. The molecule has 0 N–H and O–H groups in total. The van der Waals surface area contributed by atoms with Crippen LogP contribution in [0.3, 0.4) is 0 Å². The van der Waals surface area contributed by atoms with Crippen molar-refractivity contribution in [2.24, 2.45) is 0 Å². The largest absolute Gasteiger partial charge is 0.343 e. The maximum absolute atomic E-state index is 12.9. The molecule has 0 unspecified atom stereocenters. The van der Waals surface area contributed by atoms with Crippen LogP contribution in [-0.2, 0) is 20.7 Å². The minimum atomic E-state index is -0.667. The normalized spacial score (nSPS) is 28.5. The lowest BCUT2D eigenvalue weighted by atomic mass is 10.1. The first-order valence-electron chi connectivity index (χ1n) is 9.75. The predicted molar refractivity (Wildman–Crippen MR) is 99.8 cm³/mol. The third kappa shape index (κ3) is 2.69. The molecule has 3 aliphatic heterocycles. The highest BCUT2D eigenvalue weighted by Crippen LogP contribution is 2.50. The van der Waals surface area contributed by atoms with Crippen molar-refractivity contribution < 1.29 is 14.3 Å². The summed E-state index contributed by atoms with van der Waals surface area (Å²) in [5.41, 5.74) is 1.21. The molecule has 3 atom stereocenters. The quantitative estimate of drug-likeness (QED) is 0.810. The Balaban J connectivity index is 1.32. The summed E-state index contributed by atoms with van der Waals surface area (Å²) in [5.74, 6) is 0.129. The molecule has 2 amide bonds. The van der Waals surface area contributed by atoms with Gasteiger partial charge in [-0.25, -0.2) is 0 Å². The molecule has 1 aromatic heterocycles. The van der Waals surface area contributed by atoms with Crippen molar-refractivity contribution in [3.05, 3.63) is 60.2 Å². The maximum Gasteiger partial charge on any atom is 0.227 e. The highest BCUT2D eigenvalue weighted by atomic mass is 16.5. The molecule has 1 spiro atoms. The molecule has 0 saturated carbocycles. The lowest BCUT2D eigenvalue weighted by molar-refractivity contribution is -0.142. The van der Waals surface area contributed by atoms with Gasteiger partial charge in [-0.2, -0.15) is 0 Å². The molecule has 1 aromatic carbocycles. The fourth-order valence-electron chi connectivity index (χ4n) is 4.80. The fraction of sp³-hybridized carbons (Fsp3) is 0.429. The van der Waals surface area contributed by atoms with Gasteiger partial charge in [0, 0.05) is 38.0 Å². The number of likely N-dealkylation sites (tertiary alicyclic amines) is 1. The van der Waals surface area contributed by atoms with Crippen molar-refractivity contribution in [2.45, 2.75) is 43.6 Å². The Bertz CT molecular complexity index is 891. The van der Waals surface area contributed by atoms with Crippen molar-refractivity contribution in [2.75, 3.05) is 13.1 Å². The summed E-state index contributed by atoms with van der Waals surface area (Å²) in [6.45, 7) is 1.18. The molecule has 7 heteroatoms. The number of carbonyl (C=O) groups excluding carboxylic acids is 2. The van der Waals surface area contributed by atoms with Crippen LogP contribution in [0.15, 0.2) is 48.9 Å². The van der Waals surface area contributed by atoms with E-state index in [1.54, 1.807) is 18.6 Å². The SMILES string of the molecule is O=C(CCc1cnccn1)N1CC[C@@]23O[C@@H](c4ccccc4)CN2C(=O)C[C@@H]13. The summed E-state index contributed by atoms with van der Waals surface area (Å²) in [6, 6.07) is 9.79. The zero-order valence-corrected chi connectivity index (χ0v) is 15.5. The Morgan fingerprint density at radius 2 is 2.11 bits per heavy atom. The Hall–Kier alpha value is -2.80. The van der Waals surface area contributed by atoms with E-state index in [1.165, 1.54) is 0 Å². The molecular formula is C21H22N4O3. The van der Waals surface area contributed by atoms with Gasteiger partial charge in [-0.3, -0.25) is 19.6 Å². The molecule has 3 saturated heterocycles. The van der Waals surface area contributed by atoms with Crippen LogP contribution in [0.25, 0.3) is 0 Å². The number of ether oxygens (including phenoxy) is 1. The van der Waals surface area contributed by atoms with Crippen LogP contribution < -0.4 is 0 Å². The minimum absolute atomic E-state index is 0.0499. The van der Waals surface area contributed by atoms with Gasteiger partial charge in [-0.05, 0) is 12.0 Å². The van der Waals surface area contributed by atoms with Crippen LogP contribution in [0, 0.1) is 0 Å². The maximum atomic E-state index is 12.9. The fourth-order valence-corrected chi connectivity index (χ4v) is 4.80.